The Morgan fingerprint density at radius 3 is 2.67 bits per heavy atom. The lowest BCUT2D eigenvalue weighted by molar-refractivity contribution is -0.384. The number of nitrogens with zero attached hydrogens (tertiary/aromatic N) is 1. The molecule has 2 rings (SSSR count). The van der Waals surface area contributed by atoms with Gasteiger partial charge in [-0.15, -0.1) is 0 Å². The molecule has 0 unspecified atom stereocenters. The fraction of sp³-hybridized carbons (Fsp3) is 0.250. The van der Waals surface area contributed by atoms with Crippen LogP contribution in [0.5, 0.6) is 5.75 Å². The molecule has 0 saturated carbocycles. The number of non-ortho nitro benzene ring substituents is 1. The van der Waals surface area contributed by atoms with Crippen molar-refractivity contribution in [2.75, 3.05) is 0 Å². The van der Waals surface area contributed by atoms with Crippen LogP contribution in [0.3, 0.4) is 0 Å². The molecule has 0 aromatic heterocycles. The van der Waals surface area contributed by atoms with E-state index in [0.29, 0.717) is 5.75 Å². The molecular formula is C12H11NO5. The lowest BCUT2D eigenvalue weighted by Crippen LogP contribution is -2.30. The summed E-state index contributed by atoms with van der Waals surface area (Å²) in [7, 11) is 0. The van der Waals surface area contributed by atoms with Gasteiger partial charge in [0.05, 0.1) is 10.5 Å². The molecule has 6 nitrogen and oxygen atoms in total. The minimum Gasteiger partial charge on any atom is -0.483 e. The number of rotatable bonds is 2. The highest BCUT2D eigenvalue weighted by atomic mass is 16.6. The quantitative estimate of drug-likeness (QED) is 0.641. The summed E-state index contributed by atoms with van der Waals surface area (Å²) in [4.78, 5) is 21.3. The number of ether oxygens (including phenoxy) is 1. The minimum atomic E-state index is -1.13. The fourth-order valence-electron chi connectivity index (χ4n) is 1.85. The van der Waals surface area contributed by atoms with Crippen LogP contribution in [-0.4, -0.2) is 21.6 Å². The molecule has 6 heteroatoms. The average Bonchev–Trinajstić information content (AvgIpc) is 2.25. The Hall–Kier alpha value is -2.37. The Morgan fingerprint density at radius 1 is 1.44 bits per heavy atom. The minimum absolute atomic E-state index is 0.0185. The van der Waals surface area contributed by atoms with E-state index in [1.54, 1.807) is 13.8 Å². The first-order valence-electron chi connectivity index (χ1n) is 5.24. The van der Waals surface area contributed by atoms with E-state index in [4.69, 9.17) is 9.84 Å². The third-order valence-electron chi connectivity index (χ3n) is 2.56. The summed E-state index contributed by atoms with van der Waals surface area (Å²) in [5.41, 5.74) is -0.665. The first kappa shape index (κ1) is 12.1. The highest BCUT2D eigenvalue weighted by molar-refractivity contribution is 6.17. The molecular weight excluding hydrogens is 238 g/mol. The first-order chi connectivity index (χ1) is 8.30. The summed E-state index contributed by atoms with van der Waals surface area (Å²) in [6.07, 6.45) is 1.45. The molecule has 18 heavy (non-hydrogen) atoms. The molecule has 1 N–H and O–H groups in total. The van der Waals surface area contributed by atoms with Gasteiger partial charge in [0.1, 0.15) is 11.4 Å². The van der Waals surface area contributed by atoms with E-state index in [0.717, 1.165) is 0 Å². The largest absolute Gasteiger partial charge is 0.483 e. The molecule has 0 aliphatic carbocycles. The molecule has 94 valence electrons. The Kier molecular flexibility index (Phi) is 2.58. The van der Waals surface area contributed by atoms with Gasteiger partial charge in [-0.25, -0.2) is 4.79 Å². The van der Waals surface area contributed by atoms with Crippen molar-refractivity contribution in [2.45, 2.75) is 19.4 Å². The maximum absolute atomic E-state index is 11.2. The van der Waals surface area contributed by atoms with Gasteiger partial charge in [0.2, 0.25) is 0 Å². The zero-order valence-electron chi connectivity index (χ0n) is 9.84. The van der Waals surface area contributed by atoms with Crippen LogP contribution < -0.4 is 4.74 Å². The molecule has 0 saturated heterocycles. The van der Waals surface area contributed by atoms with Crippen molar-refractivity contribution >= 4 is 17.2 Å². The lowest BCUT2D eigenvalue weighted by Gasteiger charge is -2.29. The van der Waals surface area contributed by atoms with Crippen molar-refractivity contribution in [1.29, 1.82) is 0 Å². The standard InChI is InChI=1S/C12H11NO5/c1-12(2)6-9(11(14)15)8-5-7(13(16)17)3-4-10(8)18-12/h3-6H,1-2H3,(H,14,15). The second-order valence-corrected chi connectivity index (χ2v) is 4.51. The van der Waals surface area contributed by atoms with Crippen LogP contribution in [0.1, 0.15) is 19.4 Å². The van der Waals surface area contributed by atoms with Crippen molar-refractivity contribution in [3.63, 3.8) is 0 Å². The number of aliphatic carboxylic acids is 1. The molecule has 0 fully saturated rings. The number of hydrogen-bond donors (Lipinski definition) is 1. The van der Waals surface area contributed by atoms with Crippen LogP contribution in [0.2, 0.25) is 0 Å². The number of fused-ring (bicyclic) bond motifs is 1. The predicted molar refractivity (Wildman–Crippen MR) is 63.4 cm³/mol. The summed E-state index contributed by atoms with van der Waals surface area (Å²) < 4.78 is 5.57. The van der Waals surface area contributed by atoms with Gasteiger partial charge in [0, 0.05) is 17.7 Å². The first-order valence-corrected chi connectivity index (χ1v) is 5.24. The number of nitro groups is 1. The van der Waals surface area contributed by atoms with Gasteiger partial charge in [-0.2, -0.15) is 0 Å². The SMILES string of the molecule is CC1(C)C=C(C(=O)O)c2cc([N+](=O)[O-])ccc2O1. The molecule has 1 heterocycles. The fourth-order valence-corrected chi connectivity index (χ4v) is 1.85. The van der Waals surface area contributed by atoms with Gasteiger partial charge in [0.15, 0.2) is 0 Å². The van der Waals surface area contributed by atoms with E-state index in [-0.39, 0.29) is 16.8 Å². The number of nitro benzene ring substituents is 1. The van der Waals surface area contributed by atoms with Crippen molar-refractivity contribution in [1.82, 2.24) is 0 Å². The van der Waals surface area contributed by atoms with Gasteiger partial charge >= 0.3 is 5.97 Å². The third kappa shape index (κ3) is 2.04. The monoisotopic (exact) mass is 249 g/mol. The summed E-state index contributed by atoms with van der Waals surface area (Å²) in [5, 5.41) is 19.8. The van der Waals surface area contributed by atoms with Crippen LogP contribution in [0.25, 0.3) is 5.57 Å². The third-order valence-corrected chi connectivity index (χ3v) is 2.56. The maximum atomic E-state index is 11.2. The van der Waals surface area contributed by atoms with Crippen LogP contribution in [0, 0.1) is 10.1 Å². The topological polar surface area (TPSA) is 89.7 Å². The van der Waals surface area contributed by atoms with Crippen LogP contribution >= 0.6 is 0 Å². The Balaban J connectivity index is 2.63. The molecule has 0 radical (unpaired) electrons. The number of carbonyl (C=O) groups is 1. The number of carboxylic acid groups (broad SMARTS) is 1. The van der Waals surface area contributed by atoms with E-state index in [2.05, 4.69) is 0 Å². The molecule has 0 spiro atoms. The number of carboxylic acids is 1. The second kappa shape index (κ2) is 3.83. The van der Waals surface area contributed by atoms with E-state index in [9.17, 15) is 14.9 Å². The average molecular weight is 249 g/mol. The van der Waals surface area contributed by atoms with Gasteiger partial charge in [-0.1, -0.05) is 0 Å². The molecule has 1 aliphatic heterocycles. The van der Waals surface area contributed by atoms with Crippen molar-refractivity contribution < 1.29 is 19.6 Å². The number of hydrogen-bond acceptors (Lipinski definition) is 4. The molecule has 1 aromatic carbocycles. The Bertz CT molecular complexity index is 574. The van der Waals surface area contributed by atoms with E-state index >= 15 is 0 Å². The van der Waals surface area contributed by atoms with Gasteiger partial charge < -0.3 is 9.84 Å². The van der Waals surface area contributed by atoms with Crippen LogP contribution in [0.15, 0.2) is 24.3 Å². The normalized spacial score (nSPS) is 16.2. The predicted octanol–water partition coefficient (Wildman–Crippen LogP) is 2.23. The summed E-state index contributed by atoms with van der Waals surface area (Å²) in [6.45, 7) is 3.45. The second-order valence-electron chi connectivity index (χ2n) is 4.51. The Labute approximate surface area is 103 Å². The van der Waals surface area contributed by atoms with E-state index in [1.807, 2.05) is 0 Å². The van der Waals surface area contributed by atoms with E-state index < -0.39 is 16.5 Å². The summed E-state index contributed by atoms with van der Waals surface area (Å²) in [6, 6.07) is 3.93. The zero-order chi connectivity index (χ0) is 13.5. The van der Waals surface area contributed by atoms with Gasteiger partial charge in [-0.3, -0.25) is 10.1 Å². The van der Waals surface area contributed by atoms with E-state index in [1.165, 1.54) is 24.3 Å². The van der Waals surface area contributed by atoms with Crippen LogP contribution in [0.4, 0.5) is 5.69 Å². The lowest BCUT2D eigenvalue weighted by atomic mass is 9.94. The van der Waals surface area contributed by atoms with Gasteiger partial charge in [0.25, 0.3) is 5.69 Å². The van der Waals surface area contributed by atoms with Crippen LogP contribution in [-0.2, 0) is 4.79 Å². The van der Waals surface area contributed by atoms with Crippen molar-refractivity contribution in [3.8, 4) is 5.75 Å². The van der Waals surface area contributed by atoms with Crippen molar-refractivity contribution in [3.05, 3.63) is 40.0 Å². The molecule has 1 aromatic rings. The number of benzene rings is 1. The molecule has 1 aliphatic rings. The molecule has 0 bridgehead atoms. The zero-order valence-corrected chi connectivity index (χ0v) is 9.84. The highest BCUT2D eigenvalue weighted by Crippen LogP contribution is 2.38. The van der Waals surface area contributed by atoms with Crippen molar-refractivity contribution in [2.24, 2.45) is 0 Å². The van der Waals surface area contributed by atoms with Gasteiger partial charge in [-0.05, 0) is 26.0 Å². The molecule has 0 amide bonds. The highest BCUT2D eigenvalue weighted by Gasteiger charge is 2.30. The smallest absolute Gasteiger partial charge is 0.336 e. The molecule has 0 atom stereocenters. The summed E-state index contributed by atoms with van der Waals surface area (Å²) >= 11 is 0. The Morgan fingerprint density at radius 2 is 2.11 bits per heavy atom. The maximum Gasteiger partial charge on any atom is 0.336 e. The summed E-state index contributed by atoms with van der Waals surface area (Å²) in [5.74, 6) is -0.793.